The largest absolute Gasteiger partial charge is 0.461 e. The SMILES string of the molecule is Cc1nc(NCCNC(=O)c2cc(-c3ccco3)on2)cc(Nc2ccccn2)n1. The number of anilines is 3. The lowest BCUT2D eigenvalue weighted by Gasteiger charge is -2.10. The van der Waals surface area contributed by atoms with Crippen LogP contribution < -0.4 is 16.0 Å². The van der Waals surface area contributed by atoms with Gasteiger partial charge in [0, 0.05) is 31.4 Å². The van der Waals surface area contributed by atoms with Gasteiger partial charge in [0.1, 0.15) is 23.3 Å². The Morgan fingerprint density at radius 1 is 1.00 bits per heavy atom. The fourth-order valence-corrected chi connectivity index (χ4v) is 2.66. The predicted octanol–water partition coefficient (Wildman–Crippen LogP) is 3.01. The van der Waals surface area contributed by atoms with E-state index in [-0.39, 0.29) is 11.6 Å². The van der Waals surface area contributed by atoms with Crippen LogP contribution in [-0.4, -0.2) is 39.1 Å². The van der Waals surface area contributed by atoms with E-state index in [9.17, 15) is 4.79 Å². The van der Waals surface area contributed by atoms with Crippen molar-refractivity contribution in [2.45, 2.75) is 6.92 Å². The van der Waals surface area contributed by atoms with Crippen molar-refractivity contribution < 1.29 is 13.7 Å². The van der Waals surface area contributed by atoms with Gasteiger partial charge in [0.25, 0.3) is 5.91 Å². The quantitative estimate of drug-likeness (QED) is 0.379. The molecule has 0 aromatic carbocycles. The minimum Gasteiger partial charge on any atom is -0.461 e. The number of hydrogen-bond donors (Lipinski definition) is 3. The van der Waals surface area contributed by atoms with Crippen LogP contribution >= 0.6 is 0 Å². The number of nitrogens with one attached hydrogen (secondary N) is 3. The van der Waals surface area contributed by atoms with E-state index >= 15 is 0 Å². The maximum Gasteiger partial charge on any atom is 0.273 e. The van der Waals surface area contributed by atoms with Gasteiger partial charge in [-0.3, -0.25) is 4.79 Å². The van der Waals surface area contributed by atoms with Gasteiger partial charge < -0.3 is 24.9 Å². The normalized spacial score (nSPS) is 10.6. The molecular formula is C20H19N7O3. The van der Waals surface area contributed by atoms with E-state index in [4.69, 9.17) is 8.94 Å². The van der Waals surface area contributed by atoms with E-state index in [0.717, 1.165) is 0 Å². The zero-order valence-corrected chi connectivity index (χ0v) is 16.1. The average molecular weight is 405 g/mol. The van der Waals surface area contributed by atoms with E-state index in [1.807, 2.05) is 18.2 Å². The molecule has 1 amide bonds. The first-order valence-electron chi connectivity index (χ1n) is 9.24. The maximum absolute atomic E-state index is 12.2. The van der Waals surface area contributed by atoms with Gasteiger partial charge in [0.05, 0.1) is 6.26 Å². The summed E-state index contributed by atoms with van der Waals surface area (Å²) in [6.45, 7) is 2.64. The second-order valence-electron chi connectivity index (χ2n) is 6.26. The molecule has 0 unspecified atom stereocenters. The molecule has 152 valence electrons. The highest BCUT2D eigenvalue weighted by atomic mass is 16.5. The lowest BCUT2D eigenvalue weighted by Crippen LogP contribution is -2.29. The second kappa shape index (κ2) is 8.86. The molecule has 0 fully saturated rings. The summed E-state index contributed by atoms with van der Waals surface area (Å²) in [4.78, 5) is 25.1. The van der Waals surface area contributed by atoms with Crippen LogP contribution in [0.2, 0.25) is 0 Å². The van der Waals surface area contributed by atoms with Crippen LogP contribution in [0.1, 0.15) is 16.3 Å². The third-order valence-electron chi connectivity index (χ3n) is 3.98. The number of carbonyl (C=O) groups is 1. The number of pyridine rings is 1. The standard InChI is InChI=1S/C20H19N7O3/c1-13-24-18(12-19(25-13)26-17-6-2-3-7-21-17)22-8-9-23-20(28)14-11-16(30-27-14)15-5-4-10-29-15/h2-7,10-12H,8-9H2,1H3,(H,23,28)(H2,21,22,24,25,26). The summed E-state index contributed by atoms with van der Waals surface area (Å²) < 4.78 is 10.4. The van der Waals surface area contributed by atoms with Gasteiger partial charge >= 0.3 is 0 Å². The van der Waals surface area contributed by atoms with Crippen LogP contribution in [0, 0.1) is 6.92 Å². The highest BCUT2D eigenvalue weighted by Gasteiger charge is 2.14. The number of aryl methyl sites for hydroxylation is 1. The van der Waals surface area contributed by atoms with E-state index in [0.29, 0.717) is 47.9 Å². The molecule has 0 saturated carbocycles. The molecule has 10 nitrogen and oxygen atoms in total. The van der Waals surface area contributed by atoms with Gasteiger partial charge in [0.2, 0.25) is 5.76 Å². The highest BCUT2D eigenvalue weighted by Crippen LogP contribution is 2.20. The monoisotopic (exact) mass is 405 g/mol. The van der Waals surface area contributed by atoms with Crippen molar-refractivity contribution in [3.8, 4) is 11.5 Å². The van der Waals surface area contributed by atoms with Crippen LogP contribution in [-0.2, 0) is 0 Å². The number of rotatable bonds is 8. The molecule has 30 heavy (non-hydrogen) atoms. The third-order valence-corrected chi connectivity index (χ3v) is 3.98. The molecule has 0 saturated heterocycles. The van der Waals surface area contributed by atoms with Gasteiger partial charge in [-0.15, -0.1) is 0 Å². The van der Waals surface area contributed by atoms with Crippen molar-refractivity contribution in [2.24, 2.45) is 0 Å². The van der Waals surface area contributed by atoms with Crippen molar-refractivity contribution in [3.05, 3.63) is 66.4 Å². The number of nitrogens with zero attached hydrogens (tertiary/aromatic N) is 4. The summed E-state index contributed by atoms with van der Waals surface area (Å²) in [6.07, 6.45) is 3.22. The smallest absolute Gasteiger partial charge is 0.273 e. The first-order chi connectivity index (χ1) is 14.7. The Morgan fingerprint density at radius 3 is 2.70 bits per heavy atom. The summed E-state index contributed by atoms with van der Waals surface area (Å²) in [5.41, 5.74) is 0.182. The fourth-order valence-electron chi connectivity index (χ4n) is 2.66. The van der Waals surface area contributed by atoms with Crippen molar-refractivity contribution in [1.29, 1.82) is 0 Å². The minimum atomic E-state index is -0.338. The van der Waals surface area contributed by atoms with Crippen LogP contribution in [0.4, 0.5) is 17.5 Å². The molecule has 4 rings (SSSR count). The average Bonchev–Trinajstić information content (AvgIpc) is 3.43. The molecular weight excluding hydrogens is 386 g/mol. The van der Waals surface area contributed by atoms with Gasteiger partial charge in [-0.25, -0.2) is 15.0 Å². The Morgan fingerprint density at radius 2 is 1.90 bits per heavy atom. The fraction of sp³-hybridized carbons (Fsp3) is 0.150. The lowest BCUT2D eigenvalue weighted by atomic mass is 10.3. The maximum atomic E-state index is 12.2. The molecule has 4 aromatic heterocycles. The van der Waals surface area contributed by atoms with E-state index in [2.05, 4.69) is 36.1 Å². The van der Waals surface area contributed by atoms with Crippen LogP contribution in [0.25, 0.3) is 11.5 Å². The molecule has 4 aromatic rings. The molecule has 0 aliphatic carbocycles. The molecule has 0 atom stereocenters. The van der Waals surface area contributed by atoms with Crippen molar-refractivity contribution in [2.75, 3.05) is 23.7 Å². The van der Waals surface area contributed by atoms with Crippen LogP contribution in [0.15, 0.2) is 63.9 Å². The van der Waals surface area contributed by atoms with E-state index in [1.165, 1.54) is 12.3 Å². The Bertz CT molecular complexity index is 1110. The first-order valence-corrected chi connectivity index (χ1v) is 9.24. The van der Waals surface area contributed by atoms with Gasteiger partial charge in [0.15, 0.2) is 11.5 Å². The summed E-state index contributed by atoms with van der Waals surface area (Å²) in [5, 5.41) is 12.8. The lowest BCUT2D eigenvalue weighted by molar-refractivity contribution is 0.0946. The first kappa shape index (κ1) is 19.1. The molecule has 0 aliphatic heterocycles. The molecule has 3 N–H and O–H groups in total. The van der Waals surface area contributed by atoms with Crippen molar-refractivity contribution in [3.63, 3.8) is 0 Å². The predicted molar refractivity (Wildman–Crippen MR) is 109 cm³/mol. The Labute approximate surface area is 171 Å². The van der Waals surface area contributed by atoms with E-state index < -0.39 is 0 Å². The summed E-state index contributed by atoms with van der Waals surface area (Å²) in [7, 11) is 0. The molecule has 0 aliphatic rings. The molecule has 0 spiro atoms. The molecule has 4 heterocycles. The summed E-state index contributed by atoms with van der Waals surface area (Å²) in [6, 6.07) is 12.3. The van der Waals surface area contributed by atoms with Gasteiger partial charge in [-0.2, -0.15) is 0 Å². The van der Waals surface area contributed by atoms with Crippen LogP contribution in [0.3, 0.4) is 0 Å². The van der Waals surface area contributed by atoms with Crippen LogP contribution in [0.5, 0.6) is 0 Å². The molecule has 10 heteroatoms. The number of aromatic nitrogens is 4. The van der Waals surface area contributed by atoms with Gasteiger partial charge in [-0.05, 0) is 31.2 Å². The summed E-state index contributed by atoms with van der Waals surface area (Å²) >= 11 is 0. The molecule has 0 radical (unpaired) electrons. The topological polar surface area (TPSA) is 131 Å². The zero-order chi connectivity index (χ0) is 20.8. The van der Waals surface area contributed by atoms with E-state index in [1.54, 1.807) is 31.3 Å². The number of amides is 1. The van der Waals surface area contributed by atoms with Crippen molar-refractivity contribution >= 4 is 23.4 Å². The highest BCUT2D eigenvalue weighted by molar-refractivity contribution is 5.92. The Hall–Kier alpha value is -4.21. The second-order valence-corrected chi connectivity index (χ2v) is 6.26. The Balaban J connectivity index is 1.28. The number of carbonyl (C=O) groups excluding carboxylic acids is 1. The Kier molecular flexibility index (Phi) is 5.65. The number of hydrogen-bond acceptors (Lipinski definition) is 9. The van der Waals surface area contributed by atoms with Crippen molar-refractivity contribution in [1.82, 2.24) is 25.4 Å². The number of furan rings is 1. The van der Waals surface area contributed by atoms with Gasteiger partial charge in [-0.1, -0.05) is 11.2 Å². The third kappa shape index (κ3) is 4.79. The summed E-state index contributed by atoms with van der Waals surface area (Å²) in [5.74, 6) is 3.13. The molecule has 0 bridgehead atoms. The zero-order valence-electron chi connectivity index (χ0n) is 16.1. The minimum absolute atomic E-state index is 0.182.